The predicted octanol–water partition coefficient (Wildman–Crippen LogP) is 1.09. The molecular weight excluding hydrogens is 216 g/mol. The highest BCUT2D eigenvalue weighted by Crippen LogP contribution is 2.14. The molecule has 5 heteroatoms. The summed E-state index contributed by atoms with van der Waals surface area (Å²) in [5, 5.41) is 5.82. The van der Waals surface area contributed by atoms with Crippen LogP contribution < -0.4 is 15.5 Å². The first-order valence-electron chi connectivity index (χ1n) is 5.79. The molecule has 1 rings (SSSR count). The van der Waals surface area contributed by atoms with E-state index in [1.54, 1.807) is 6.20 Å². The minimum Gasteiger partial charge on any atom is -0.373 e. The number of amides is 1. The van der Waals surface area contributed by atoms with E-state index in [-0.39, 0.29) is 5.91 Å². The van der Waals surface area contributed by atoms with Gasteiger partial charge in [0.25, 0.3) is 0 Å². The normalized spacial score (nSPS) is 9.82. The molecule has 0 saturated carbocycles. The number of aromatic nitrogens is 1. The van der Waals surface area contributed by atoms with E-state index in [4.69, 9.17) is 0 Å². The van der Waals surface area contributed by atoms with Gasteiger partial charge in [0, 0.05) is 38.6 Å². The van der Waals surface area contributed by atoms with E-state index in [0.717, 1.165) is 24.5 Å². The van der Waals surface area contributed by atoms with Gasteiger partial charge in [0.15, 0.2) is 0 Å². The molecule has 0 aliphatic carbocycles. The van der Waals surface area contributed by atoms with Gasteiger partial charge >= 0.3 is 0 Å². The molecular formula is C12H20N4O. The SMILES string of the molecule is CCCNC(=O)CN(C)c1ccnc(NC)c1. The molecule has 0 fully saturated rings. The highest BCUT2D eigenvalue weighted by molar-refractivity contribution is 5.81. The smallest absolute Gasteiger partial charge is 0.239 e. The lowest BCUT2D eigenvalue weighted by molar-refractivity contribution is -0.119. The van der Waals surface area contributed by atoms with Crippen LogP contribution in [0, 0.1) is 0 Å². The number of nitrogens with one attached hydrogen (secondary N) is 2. The second kappa shape index (κ2) is 6.73. The van der Waals surface area contributed by atoms with Crippen LogP contribution in [0.1, 0.15) is 13.3 Å². The van der Waals surface area contributed by atoms with Crippen LogP contribution in [0.25, 0.3) is 0 Å². The molecule has 0 spiro atoms. The van der Waals surface area contributed by atoms with Crippen molar-refractivity contribution in [3.05, 3.63) is 18.3 Å². The number of hydrogen-bond donors (Lipinski definition) is 2. The number of pyridine rings is 1. The van der Waals surface area contributed by atoms with Crippen molar-refractivity contribution in [3.63, 3.8) is 0 Å². The predicted molar refractivity (Wildman–Crippen MR) is 70.4 cm³/mol. The maximum Gasteiger partial charge on any atom is 0.239 e. The summed E-state index contributed by atoms with van der Waals surface area (Å²) in [4.78, 5) is 17.6. The molecule has 0 saturated heterocycles. The molecule has 1 heterocycles. The van der Waals surface area contributed by atoms with Crippen molar-refractivity contribution in [3.8, 4) is 0 Å². The fourth-order valence-corrected chi connectivity index (χ4v) is 1.42. The molecule has 94 valence electrons. The van der Waals surface area contributed by atoms with Gasteiger partial charge in [-0.1, -0.05) is 6.92 Å². The van der Waals surface area contributed by atoms with Crippen LogP contribution in [0.2, 0.25) is 0 Å². The first-order valence-corrected chi connectivity index (χ1v) is 5.79. The third kappa shape index (κ3) is 4.30. The van der Waals surface area contributed by atoms with Gasteiger partial charge in [-0.05, 0) is 12.5 Å². The van der Waals surface area contributed by atoms with Gasteiger partial charge in [-0.15, -0.1) is 0 Å². The standard InChI is InChI=1S/C12H20N4O/c1-4-6-15-12(17)9-16(3)10-5-7-14-11(8-10)13-2/h5,7-8H,4,6,9H2,1-3H3,(H,13,14)(H,15,17). The first kappa shape index (κ1) is 13.3. The van der Waals surface area contributed by atoms with Crippen LogP contribution in [0.5, 0.6) is 0 Å². The summed E-state index contributed by atoms with van der Waals surface area (Å²) >= 11 is 0. The molecule has 0 atom stereocenters. The summed E-state index contributed by atoms with van der Waals surface area (Å²) < 4.78 is 0. The maximum atomic E-state index is 11.6. The zero-order valence-electron chi connectivity index (χ0n) is 10.7. The molecule has 0 radical (unpaired) electrons. The van der Waals surface area contributed by atoms with Gasteiger partial charge in [-0.3, -0.25) is 4.79 Å². The number of anilines is 2. The van der Waals surface area contributed by atoms with E-state index < -0.39 is 0 Å². The summed E-state index contributed by atoms with van der Waals surface area (Å²) in [6.07, 6.45) is 2.68. The summed E-state index contributed by atoms with van der Waals surface area (Å²) in [5.74, 6) is 0.834. The van der Waals surface area contributed by atoms with Crippen molar-refractivity contribution >= 4 is 17.4 Å². The maximum absolute atomic E-state index is 11.6. The lowest BCUT2D eigenvalue weighted by Crippen LogP contribution is -2.35. The third-order valence-corrected chi connectivity index (χ3v) is 2.39. The van der Waals surface area contributed by atoms with Crippen molar-refractivity contribution in [2.75, 3.05) is 37.4 Å². The van der Waals surface area contributed by atoms with Crippen molar-refractivity contribution in [2.24, 2.45) is 0 Å². The van der Waals surface area contributed by atoms with Gasteiger partial charge in [0.05, 0.1) is 6.54 Å². The topological polar surface area (TPSA) is 57.3 Å². The lowest BCUT2D eigenvalue weighted by atomic mass is 10.3. The van der Waals surface area contributed by atoms with Crippen molar-refractivity contribution < 1.29 is 4.79 Å². The highest BCUT2D eigenvalue weighted by Gasteiger charge is 2.07. The highest BCUT2D eigenvalue weighted by atomic mass is 16.2. The Morgan fingerprint density at radius 2 is 2.29 bits per heavy atom. The summed E-state index contributed by atoms with van der Waals surface area (Å²) in [7, 11) is 3.71. The second-order valence-electron chi connectivity index (χ2n) is 3.86. The Morgan fingerprint density at radius 3 is 2.94 bits per heavy atom. The fraction of sp³-hybridized carbons (Fsp3) is 0.500. The molecule has 1 aromatic heterocycles. The zero-order valence-corrected chi connectivity index (χ0v) is 10.7. The third-order valence-electron chi connectivity index (χ3n) is 2.39. The summed E-state index contributed by atoms with van der Waals surface area (Å²) in [6.45, 7) is 3.12. The molecule has 17 heavy (non-hydrogen) atoms. The Labute approximate surface area is 102 Å². The van der Waals surface area contributed by atoms with Crippen LogP contribution in [0.3, 0.4) is 0 Å². The molecule has 0 aliphatic heterocycles. The number of hydrogen-bond acceptors (Lipinski definition) is 4. The Hall–Kier alpha value is -1.78. The van der Waals surface area contributed by atoms with Crippen LogP contribution in [0.4, 0.5) is 11.5 Å². The molecule has 0 aromatic carbocycles. The Morgan fingerprint density at radius 1 is 1.53 bits per heavy atom. The van der Waals surface area contributed by atoms with E-state index in [9.17, 15) is 4.79 Å². The van der Waals surface area contributed by atoms with Gasteiger partial charge < -0.3 is 15.5 Å². The van der Waals surface area contributed by atoms with Crippen LogP contribution in [-0.2, 0) is 4.79 Å². The number of rotatable bonds is 6. The number of carbonyl (C=O) groups is 1. The molecule has 1 aromatic rings. The summed E-state index contributed by atoms with van der Waals surface area (Å²) in [5.41, 5.74) is 0.969. The molecule has 0 aliphatic rings. The zero-order chi connectivity index (χ0) is 12.7. The van der Waals surface area contributed by atoms with E-state index in [1.165, 1.54) is 0 Å². The van der Waals surface area contributed by atoms with Crippen LogP contribution in [-0.4, -0.2) is 38.1 Å². The number of carbonyl (C=O) groups excluding carboxylic acids is 1. The lowest BCUT2D eigenvalue weighted by Gasteiger charge is -2.19. The quantitative estimate of drug-likeness (QED) is 0.776. The van der Waals surface area contributed by atoms with E-state index in [1.807, 2.05) is 38.1 Å². The van der Waals surface area contributed by atoms with E-state index >= 15 is 0 Å². The fourth-order valence-electron chi connectivity index (χ4n) is 1.42. The van der Waals surface area contributed by atoms with Gasteiger partial charge in [-0.25, -0.2) is 4.98 Å². The molecule has 5 nitrogen and oxygen atoms in total. The minimum atomic E-state index is 0.0390. The summed E-state index contributed by atoms with van der Waals surface area (Å²) in [6, 6.07) is 3.79. The number of likely N-dealkylation sites (N-methyl/N-ethyl adjacent to an activating group) is 1. The van der Waals surface area contributed by atoms with E-state index in [0.29, 0.717) is 6.54 Å². The monoisotopic (exact) mass is 236 g/mol. The van der Waals surface area contributed by atoms with Gasteiger partial charge in [0.2, 0.25) is 5.91 Å². The Bertz CT molecular complexity index is 367. The average molecular weight is 236 g/mol. The first-order chi connectivity index (χ1) is 8.17. The number of nitrogens with zero attached hydrogens (tertiary/aromatic N) is 2. The van der Waals surface area contributed by atoms with Crippen LogP contribution in [0.15, 0.2) is 18.3 Å². The molecule has 0 bridgehead atoms. The van der Waals surface area contributed by atoms with Gasteiger partial charge in [-0.2, -0.15) is 0 Å². The Balaban J connectivity index is 2.56. The minimum absolute atomic E-state index is 0.0390. The second-order valence-corrected chi connectivity index (χ2v) is 3.86. The average Bonchev–Trinajstić information content (AvgIpc) is 2.36. The van der Waals surface area contributed by atoms with Crippen molar-refractivity contribution in [1.82, 2.24) is 10.3 Å². The van der Waals surface area contributed by atoms with E-state index in [2.05, 4.69) is 15.6 Å². The Kier molecular flexibility index (Phi) is 5.26. The van der Waals surface area contributed by atoms with Crippen molar-refractivity contribution in [2.45, 2.75) is 13.3 Å². The van der Waals surface area contributed by atoms with Crippen molar-refractivity contribution in [1.29, 1.82) is 0 Å². The molecule has 2 N–H and O–H groups in total. The molecule has 1 amide bonds. The largest absolute Gasteiger partial charge is 0.373 e. The van der Waals surface area contributed by atoms with Crippen LogP contribution >= 0.6 is 0 Å². The van der Waals surface area contributed by atoms with Gasteiger partial charge in [0.1, 0.15) is 5.82 Å². The molecule has 0 unspecified atom stereocenters.